The van der Waals surface area contributed by atoms with Crippen LogP contribution in [0.15, 0.2) is 136 Å². The third-order valence-electron chi connectivity index (χ3n) is 19.9. The van der Waals surface area contributed by atoms with Gasteiger partial charge in [0.05, 0.1) is 28.8 Å². The number of hydrogen-bond acceptors (Lipinski definition) is 19. The van der Waals surface area contributed by atoms with Gasteiger partial charge in [-0.1, -0.05) is 13.1 Å². The Kier molecular flexibility index (Phi) is 32.3. The fourth-order valence-corrected chi connectivity index (χ4v) is 13.9. The number of hydrogen-bond donors (Lipinski definition) is 7. The number of nitrogens with zero attached hydrogens (tertiary/aromatic N) is 18. The molecule has 12 heterocycles. The molecule has 0 fully saturated rings. The predicted molar refractivity (Wildman–Crippen MR) is 451 cm³/mol. The Morgan fingerprint density at radius 2 is 0.650 bits per heavy atom. The first-order chi connectivity index (χ1) is 57.2. The SMILES string of the molecule is Cn1ccc(CC(=O)c2cc(CC(=O)c3cc(CC(=O)C(CCNC(=O)c4nc(NC(=O)c5nc(NC(=O)c6nccn6C)cn5C)cn4C)NC[NH-])cn3C)cn2C)c1.Cn1ccc(CC(=O)c2cc(CC(=O)c3cc(CC(=O)C(CC[NH-])CCNC(=O)c4nc(NC(=O)c5nc(NC(=O)c6nccn6C)cn5C)cn4C)cn3C)cn2C)c1.[NH2-].[NH2-].[Pt+4]. The van der Waals surface area contributed by atoms with E-state index in [1.165, 1.54) is 55.4 Å². The number of aryl methyl sites for hydroxylation is 12. The van der Waals surface area contributed by atoms with Crippen molar-refractivity contribution < 1.29 is 78.6 Å². The summed E-state index contributed by atoms with van der Waals surface area (Å²) in [5, 5.41) is 18.8. The van der Waals surface area contributed by atoms with E-state index in [9.17, 15) is 57.5 Å². The largest absolute Gasteiger partial charge is 4.00 e. The Balaban J connectivity index is 0.000000298. The van der Waals surface area contributed by atoms with Crippen molar-refractivity contribution >= 4 is 93.4 Å². The molecule has 0 radical (unpaired) electrons. The van der Waals surface area contributed by atoms with Crippen LogP contribution in [0.3, 0.4) is 0 Å². The molecular weight excluding hydrogens is 1770 g/mol. The van der Waals surface area contributed by atoms with Gasteiger partial charge in [0.1, 0.15) is 5.78 Å². The van der Waals surface area contributed by atoms with E-state index < -0.39 is 47.4 Å². The number of amides is 6. The molecule has 12 rings (SSSR count). The molecule has 0 aromatic carbocycles. The van der Waals surface area contributed by atoms with Crippen LogP contribution < -0.4 is 37.2 Å². The minimum absolute atomic E-state index is 0. The summed E-state index contributed by atoms with van der Waals surface area (Å²) in [4.78, 5) is 182. The maximum atomic E-state index is 13.5. The van der Waals surface area contributed by atoms with Crippen LogP contribution in [0.4, 0.5) is 23.3 Å². The molecule has 42 heteroatoms. The van der Waals surface area contributed by atoms with Crippen LogP contribution in [0.2, 0.25) is 0 Å². The van der Waals surface area contributed by atoms with E-state index in [0.717, 1.165) is 11.1 Å². The van der Waals surface area contributed by atoms with E-state index in [0.29, 0.717) is 51.5 Å². The van der Waals surface area contributed by atoms with Gasteiger partial charge >= 0.3 is 21.1 Å². The molecule has 2 unspecified atom stereocenters. The fourth-order valence-electron chi connectivity index (χ4n) is 13.9. The van der Waals surface area contributed by atoms with Gasteiger partial charge in [0.25, 0.3) is 35.4 Å². The molecule has 0 bridgehead atoms. The van der Waals surface area contributed by atoms with E-state index in [4.69, 9.17) is 11.5 Å². The summed E-state index contributed by atoms with van der Waals surface area (Å²) in [5.41, 5.74) is 21.9. The number of carbonyl (C=O) groups excluding carboxylic acids is 12. The second kappa shape index (κ2) is 42.0. The monoisotopic (exact) mass is 1860 g/mol. The predicted octanol–water partition coefficient (Wildman–Crippen LogP) is 6.84. The minimum Gasteiger partial charge on any atom is -0.693 e. The molecule has 13 N–H and O–H groups in total. The first-order valence-corrected chi connectivity index (χ1v) is 38.1. The van der Waals surface area contributed by atoms with Gasteiger partial charge in [-0.3, -0.25) is 57.5 Å². The van der Waals surface area contributed by atoms with Crippen molar-refractivity contribution in [1.82, 2.24) is 101 Å². The number of ketones is 6. The first kappa shape index (κ1) is 94.7. The fraction of sp³-hybridized carbons (Fsp3) is 0.333. The zero-order valence-electron chi connectivity index (χ0n) is 70.0. The number of anilines is 4. The van der Waals surface area contributed by atoms with E-state index in [1.807, 2.05) is 60.1 Å². The van der Waals surface area contributed by atoms with Crippen molar-refractivity contribution in [3.63, 3.8) is 0 Å². The van der Waals surface area contributed by atoms with Gasteiger partial charge in [-0.15, -0.1) is 0 Å². The summed E-state index contributed by atoms with van der Waals surface area (Å²) in [6.07, 6.45) is 28.2. The topological polar surface area (TPSA) is 540 Å². The van der Waals surface area contributed by atoms with Crippen molar-refractivity contribution in [2.75, 3.05) is 47.6 Å². The van der Waals surface area contributed by atoms with Crippen LogP contribution in [0, 0.1) is 5.92 Å². The number of rotatable bonds is 38. The summed E-state index contributed by atoms with van der Waals surface area (Å²) in [5.74, 6) is -3.78. The quantitative estimate of drug-likeness (QED) is 0.0195. The summed E-state index contributed by atoms with van der Waals surface area (Å²) in [6.45, 7) is -0.00402. The maximum absolute atomic E-state index is 13.5. The van der Waals surface area contributed by atoms with Crippen molar-refractivity contribution in [2.45, 2.75) is 63.8 Å². The van der Waals surface area contributed by atoms with E-state index in [2.05, 4.69) is 67.1 Å². The second-order valence-electron chi connectivity index (χ2n) is 29.5. The molecule has 0 spiro atoms. The van der Waals surface area contributed by atoms with Crippen molar-refractivity contribution in [3.8, 4) is 0 Å². The van der Waals surface area contributed by atoms with E-state index in [1.54, 1.807) is 159 Å². The van der Waals surface area contributed by atoms with Crippen LogP contribution in [-0.2, 0) is 154 Å². The summed E-state index contributed by atoms with van der Waals surface area (Å²) in [7, 11) is 20.5. The Morgan fingerprint density at radius 1 is 0.341 bits per heavy atom. The number of nitrogens with one attached hydrogen (secondary N) is 9. The Bertz CT molecular complexity index is 5520. The first-order valence-electron chi connectivity index (χ1n) is 38.1. The van der Waals surface area contributed by atoms with Crippen LogP contribution >= 0.6 is 0 Å². The van der Waals surface area contributed by atoms with Crippen LogP contribution in [0.5, 0.6) is 0 Å². The molecule has 0 aliphatic carbocycles. The van der Waals surface area contributed by atoms with Gasteiger partial charge in [-0.2, -0.15) is 6.54 Å². The Labute approximate surface area is 721 Å². The van der Waals surface area contributed by atoms with Crippen molar-refractivity contribution in [2.24, 2.45) is 90.5 Å². The molecule has 0 aliphatic heterocycles. The number of Topliss-reactive ketones (excluding diaryl/α,β-unsaturated/α-hetero) is 6. The number of nitrogens with two attached hydrogens (primary N) is 2. The Morgan fingerprint density at radius 3 is 0.959 bits per heavy atom. The average Bonchev–Trinajstić information content (AvgIpc) is 1.68. The van der Waals surface area contributed by atoms with Gasteiger partial charge in [-0.05, 0) is 82.6 Å². The van der Waals surface area contributed by atoms with Crippen molar-refractivity contribution in [1.29, 1.82) is 0 Å². The van der Waals surface area contributed by atoms with Gasteiger partial charge < -0.3 is 116 Å². The van der Waals surface area contributed by atoms with Crippen LogP contribution in [0.1, 0.15) is 158 Å². The third kappa shape index (κ3) is 23.9. The third-order valence-corrected chi connectivity index (χ3v) is 19.9. The molecular formula is C81H99N29O12Pt. The van der Waals surface area contributed by atoms with Gasteiger partial charge in [0.15, 0.2) is 63.8 Å². The molecule has 12 aromatic rings. The molecule has 123 heavy (non-hydrogen) atoms. The molecule has 0 saturated heterocycles. The van der Waals surface area contributed by atoms with Gasteiger partial charge in [0, 0.05) is 241 Å². The zero-order valence-corrected chi connectivity index (χ0v) is 72.2. The summed E-state index contributed by atoms with van der Waals surface area (Å²) < 4.78 is 19.4. The van der Waals surface area contributed by atoms with Gasteiger partial charge in [-0.25, -0.2) is 29.9 Å². The number of imidazole rings is 6. The van der Waals surface area contributed by atoms with Gasteiger partial charge in [0.2, 0.25) is 23.3 Å². The van der Waals surface area contributed by atoms with Crippen molar-refractivity contribution in [3.05, 3.63) is 250 Å². The molecule has 41 nitrogen and oxygen atoms in total. The molecule has 12 aromatic heterocycles. The average molecular weight is 1870 g/mol. The molecule has 650 valence electrons. The van der Waals surface area contributed by atoms with E-state index >= 15 is 0 Å². The summed E-state index contributed by atoms with van der Waals surface area (Å²) >= 11 is 0. The summed E-state index contributed by atoms with van der Waals surface area (Å²) in [6, 6.07) is 9.91. The standard InChI is InChI=1S/C41H48N13O6.C40H47N14O6.2H2N.Pt/c1-49-13-9-25(20-49)17-32(56)29-16-27(22-52(29)4)19-33(57)30-15-26(21-51(30)3)18-31(55)28(7-10-42)8-11-44-39(58)37-45-34(23-53(37)5)48-41(60)38-46-35(24-54(38)6)47-40(59)36-43-12-14-50(36)2;1-49-11-8-24(18-49)15-31(56)28-14-26(20-52(28)4)17-32(57)29-13-25(19-51(29)3)16-30(55)27(44-23-41)7-9-43-38(58)36-45-33(21-53(36)5)48-40(60)37-46-34(22-54(37)6)47-39(59)35-42-10-12-50(35)2;;;/h9,12-16,20-24,28,42H,7-8,10-11,17-19H2,1-6H3,(H,44,58)(H,47,59)(H,48,60);8,10-14,18-22,27,41,44H,7,9,15-17,23H2,1-6H3,(H,43,58)(H,47,59)(H,48,60);2*1H2;/q4*-1;+4. The second-order valence-corrected chi connectivity index (χ2v) is 29.5. The molecule has 0 saturated carbocycles. The number of carbonyl (C=O) groups is 12. The Hall–Kier alpha value is -13.7. The normalized spacial score (nSPS) is 11.4. The molecule has 6 amide bonds. The maximum Gasteiger partial charge on any atom is 4.00 e. The van der Waals surface area contributed by atoms with Crippen LogP contribution in [-0.4, -0.2) is 187 Å². The molecule has 2 atom stereocenters. The van der Waals surface area contributed by atoms with Crippen LogP contribution in [0.25, 0.3) is 23.8 Å². The minimum atomic E-state index is -0.759. The van der Waals surface area contributed by atoms with E-state index in [-0.39, 0.29) is 204 Å². The zero-order chi connectivity index (χ0) is 86.5. The molecule has 0 aliphatic rings. The number of aromatic nitrogens is 18. The smallest absolute Gasteiger partial charge is 0.693 e.